The molecule has 1 heterocycles. The Bertz CT molecular complexity index is 336. The molecule has 1 atom stereocenters. The van der Waals surface area contributed by atoms with Crippen LogP contribution >= 0.6 is 0 Å². The zero-order valence-electron chi connectivity index (χ0n) is 7.25. The monoisotopic (exact) mass is 177 g/mol. The van der Waals surface area contributed by atoms with Crippen LogP contribution in [-0.2, 0) is 6.42 Å². The number of hydrogen-bond acceptors (Lipinski definition) is 2. The highest BCUT2D eigenvalue weighted by atomic mass is 16.5. The van der Waals surface area contributed by atoms with Crippen molar-refractivity contribution in [3.05, 3.63) is 34.5 Å². The van der Waals surface area contributed by atoms with Gasteiger partial charge in [0.2, 0.25) is 0 Å². The first kappa shape index (κ1) is 8.41. The van der Waals surface area contributed by atoms with Gasteiger partial charge in [-0.1, -0.05) is 12.1 Å². The molecule has 0 spiro atoms. The third kappa shape index (κ3) is 1.36. The first-order chi connectivity index (χ1) is 6.33. The minimum absolute atomic E-state index is 0.171. The van der Waals surface area contributed by atoms with Crippen LogP contribution in [0.1, 0.15) is 22.3 Å². The number of fused-ring (bicyclic) bond motifs is 1. The van der Waals surface area contributed by atoms with Crippen LogP contribution in [0.15, 0.2) is 18.2 Å². The molecule has 0 saturated heterocycles. The number of benzene rings is 1. The number of rotatable bonds is 1. The van der Waals surface area contributed by atoms with Crippen LogP contribution in [0.5, 0.6) is 0 Å². The van der Waals surface area contributed by atoms with Gasteiger partial charge in [-0.05, 0) is 12.5 Å². The fraction of sp³-hybridized carbons (Fsp3) is 0.300. The summed E-state index contributed by atoms with van der Waals surface area (Å²) >= 11 is 0. The van der Waals surface area contributed by atoms with E-state index in [9.17, 15) is 10.0 Å². The molecule has 0 aromatic heterocycles. The second-order valence-corrected chi connectivity index (χ2v) is 3.27. The fourth-order valence-corrected chi connectivity index (χ4v) is 1.82. The Hall–Kier alpha value is -1.19. The predicted octanol–water partition coefficient (Wildman–Crippen LogP) is 0.459. The molecule has 1 aliphatic heterocycles. The van der Waals surface area contributed by atoms with Crippen molar-refractivity contribution in [3.8, 4) is 0 Å². The largest absolute Gasteiger partial charge is 0.629 e. The molecular formula is C10H11NO2. The molecule has 3 heteroatoms. The highest BCUT2D eigenvalue weighted by Gasteiger charge is 2.18. The average Bonchev–Trinajstić information content (AvgIpc) is 2.18. The zero-order valence-corrected chi connectivity index (χ0v) is 7.25. The van der Waals surface area contributed by atoms with Crippen molar-refractivity contribution in [1.82, 2.24) is 0 Å². The predicted molar refractivity (Wildman–Crippen MR) is 49.0 cm³/mol. The van der Waals surface area contributed by atoms with Crippen molar-refractivity contribution in [2.24, 2.45) is 0 Å². The van der Waals surface area contributed by atoms with Crippen molar-refractivity contribution in [3.63, 3.8) is 0 Å². The van der Waals surface area contributed by atoms with Crippen LogP contribution in [0.3, 0.4) is 0 Å². The van der Waals surface area contributed by atoms with Gasteiger partial charge < -0.3 is 10.3 Å². The Morgan fingerprint density at radius 2 is 2.31 bits per heavy atom. The summed E-state index contributed by atoms with van der Waals surface area (Å²) < 4.78 is 0. The molecule has 3 nitrogen and oxygen atoms in total. The van der Waals surface area contributed by atoms with E-state index in [1.165, 1.54) is 0 Å². The highest BCUT2D eigenvalue weighted by molar-refractivity contribution is 5.79. The van der Waals surface area contributed by atoms with E-state index in [0.29, 0.717) is 12.1 Å². The second-order valence-electron chi connectivity index (χ2n) is 3.27. The third-order valence-electron chi connectivity index (χ3n) is 2.47. The van der Waals surface area contributed by atoms with Crippen molar-refractivity contribution < 1.29 is 9.86 Å². The van der Waals surface area contributed by atoms with Crippen LogP contribution in [-0.4, -0.2) is 12.8 Å². The minimum Gasteiger partial charge on any atom is -0.629 e. The average molecular weight is 177 g/mol. The Morgan fingerprint density at radius 3 is 3.08 bits per heavy atom. The summed E-state index contributed by atoms with van der Waals surface area (Å²) in [6.45, 7) is 0.620. The van der Waals surface area contributed by atoms with Gasteiger partial charge in [-0.25, -0.2) is 0 Å². The molecule has 1 unspecified atom stereocenters. The van der Waals surface area contributed by atoms with Crippen molar-refractivity contribution in [2.45, 2.75) is 12.8 Å². The zero-order chi connectivity index (χ0) is 9.26. The van der Waals surface area contributed by atoms with E-state index in [0.717, 1.165) is 30.4 Å². The molecule has 0 radical (unpaired) electrons. The van der Waals surface area contributed by atoms with E-state index in [2.05, 4.69) is 0 Å². The van der Waals surface area contributed by atoms with Gasteiger partial charge >= 0.3 is 0 Å². The van der Waals surface area contributed by atoms with E-state index in [1.54, 1.807) is 12.1 Å². The van der Waals surface area contributed by atoms with Crippen molar-refractivity contribution >= 4 is 12.0 Å². The normalized spacial score (nSPS) is 20.8. The molecule has 0 amide bonds. The van der Waals surface area contributed by atoms with Gasteiger partial charge in [0, 0.05) is 17.5 Å². The number of hydrogen-bond donors (Lipinski definition) is 1. The molecular weight excluding hydrogens is 166 g/mol. The second kappa shape index (κ2) is 3.28. The molecule has 1 N–H and O–H groups in total. The van der Waals surface area contributed by atoms with E-state index >= 15 is 0 Å². The third-order valence-corrected chi connectivity index (χ3v) is 2.47. The first-order valence-electron chi connectivity index (χ1n) is 4.43. The van der Waals surface area contributed by atoms with Crippen LogP contribution in [0, 0.1) is 5.21 Å². The van der Waals surface area contributed by atoms with Gasteiger partial charge in [-0.2, -0.15) is 0 Å². The summed E-state index contributed by atoms with van der Waals surface area (Å²) in [6.07, 6.45) is 2.56. The first-order valence-corrected chi connectivity index (χ1v) is 4.43. The number of hydroxylamine groups is 1. The molecule has 0 saturated carbocycles. The van der Waals surface area contributed by atoms with E-state index in [4.69, 9.17) is 0 Å². The summed E-state index contributed by atoms with van der Waals surface area (Å²) in [6, 6.07) is 5.35. The molecule has 0 aliphatic carbocycles. The van der Waals surface area contributed by atoms with Gasteiger partial charge in [-0.15, -0.1) is 0 Å². The standard InChI is InChI=1S/C10H11NO2/c12-7-8-3-1-5-10-9(8)4-2-6-11(10)13/h1,3,5,7,11H,2,4,6H2. The van der Waals surface area contributed by atoms with Gasteiger partial charge in [0.25, 0.3) is 0 Å². The van der Waals surface area contributed by atoms with Crippen LogP contribution < -0.4 is 5.06 Å². The smallest absolute Gasteiger partial charge is 0.150 e. The Balaban J connectivity index is 2.54. The lowest BCUT2D eigenvalue weighted by Gasteiger charge is -2.28. The molecule has 68 valence electrons. The minimum atomic E-state index is 0.171. The van der Waals surface area contributed by atoms with Gasteiger partial charge in [0.15, 0.2) is 6.29 Å². The molecule has 0 bridgehead atoms. The van der Waals surface area contributed by atoms with Gasteiger partial charge in [0.1, 0.15) is 5.69 Å². The summed E-state index contributed by atoms with van der Waals surface area (Å²) in [5.74, 6) is 0. The maximum absolute atomic E-state index is 11.4. The van der Waals surface area contributed by atoms with E-state index < -0.39 is 0 Å². The van der Waals surface area contributed by atoms with Crippen molar-refractivity contribution in [1.29, 1.82) is 0 Å². The topological polar surface area (TPSA) is 44.6 Å². The fourth-order valence-electron chi connectivity index (χ4n) is 1.82. The molecule has 13 heavy (non-hydrogen) atoms. The SMILES string of the molecule is O=Cc1cccc2c1CCC[NH+]2[O-]. The quantitative estimate of drug-likeness (QED) is 0.500. The molecule has 2 rings (SSSR count). The summed E-state index contributed by atoms with van der Waals surface area (Å²) in [5.41, 5.74) is 2.36. The van der Waals surface area contributed by atoms with Crippen LogP contribution in [0.4, 0.5) is 5.69 Å². The lowest BCUT2D eigenvalue weighted by atomic mass is 9.98. The maximum Gasteiger partial charge on any atom is 0.150 e. The van der Waals surface area contributed by atoms with E-state index in [1.807, 2.05) is 6.07 Å². The Morgan fingerprint density at radius 1 is 1.46 bits per heavy atom. The lowest BCUT2D eigenvalue weighted by molar-refractivity contribution is -0.779. The van der Waals surface area contributed by atoms with Gasteiger partial charge in [0.05, 0.1) is 6.54 Å². The summed E-state index contributed by atoms with van der Waals surface area (Å²) in [4.78, 5) is 10.7. The van der Waals surface area contributed by atoms with Crippen LogP contribution in [0.2, 0.25) is 0 Å². The number of carbonyl (C=O) groups excluding carboxylic acids is 1. The number of carbonyl (C=O) groups is 1. The van der Waals surface area contributed by atoms with E-state index in [-0.39, 0.29) is 5.06 Å². The summed E-state index contributed by atoms with van der Waals surface area (Å²) in [7, 11) is 0. The highest BCUT2D eigenvalue weighted by Crippen LogP contribution is 2.19. The Kier molecular flexibility index (Phi) is 2.12. The van der Waals surface area contributed by atoms with Crippen LogP contribution in [0.25, 0.3) is 0 Å². The number of quaternary nitrogens is 1. The summed E-state index contributed by atoms with van der Waals surface area (Å²) in [5, 5.41) is 11.6. The number of aldehydes is 1. The van der Waals surface area contributed by atoms with Crippen molar-refractivity contribution in [2.75, 3.05) is 6.54 Å². The lowest BCUT2D eigenvalue weighted by Crippen LogP contribution is -3.03. The Labute approximate surface area is 76.6 Å². The molecule has 0 fully saturated rings. The van der Waals surface area contributed by atoms with Gasteiger partial charge in [-0.3, -0.25) is 4.79 Å². The molecule has 1 aliphatic rings. The molecule has 1 aromatic rings. The maximum atomic E-state index is 11.4. The molecule has 1 aromatic carbocycles. The number of nitrogens with one attached hydrogen (secondary N) is 1.